The van der Waals surface area contributed by atoms with Gasteiger partial charge in [0.1, 0.15) is 18.2 Å². The van der Waals surface area contributed by atoms with E-state index in [0.717, 1.165) is 39.4 Å². The van der Waals surface area contributed by atoms with Crippen molar-refractivity contribution in [2.45, 2.75) is 84.5 Å². The quantitative estimate of drug-likeness (QED) is 0.142. The van der Waals surface area contributed by atoms with Gasteiger partial charge in [0.15, 0.2) is 6.29 Å². The summed E-state index contributed by atoms with van der Waals surface area (Å²) in [7, 11) is 0. The average Bonchev–Trinajstić information content (AvgIpc) is 3.46. The number of nitrogens with zero attached hydrogens (tertiary/aromatic N) is 1. The Morgan fingerprint density at radius 2 is 1.51 bits per heavy atom. The van der Waals surface area contributed by atoms with Crippen LogP contribution in [0.25, 0.3) is 22.4 Å². The van der Waals surface area contributed by atoms with Gasteiger partial charge >= 0.3 is 0 Å². The summed E-state index contributed by atoms with van der Waals surface area (Å²) in [6.07, 6.45) is 2.34. The summed E-state index contributed by atoms with van der Waals surface area (Å²) in [6.45, 7) is 11.2. The van der Waals surface area contributed by atoms with Crippen molar-refractivity contribution >= 4 is 11.6 Å². The third kappa shape index (κ3) is 9.04. The topological polar surface area (TPSA) is 61.7 Å². The number of carbonyl (C=O) groups is 1. The summed E-state index contributed by atoms with van der Waals surface area (Å²) in [5.74, 6) is 0.281. The van der Waals surface area contributed by atoms with Gasteiger partial charge in [0, 0.05) is 23.5 Å². The molecule has 0 radical (unpaired) electrons. The largest absolute Gasteiger partial charge is 0.493 e. The molecule has 1 aliphatic heterocycles. The van der Waals surface area contributed by atoms with Crippen LogP contribution in [-0.2, 0) is 27.4 Å². The second-order valence-electron chi connectivity index (χ2n) is 14.2. The highest BCUT2D eigenvalue weighted by molar-refractivity contribution is 6.12. The van der Waals surface area contributed by atoms with E-state index in [4.69, 9.17) is 14.2 Å². The van der Waals surface area contributed by atoms with Crippen molar-refractivity contribution < 1.29 is 23.4 Å². The van der Waals surface area contributed by atoms with Crippen molar-refractivity contribution in [3.63, 3.8) is 0 Å². The van der Waals surface area contributed by atoms with Crippen molar-refractivity contribution in [1.29, 1.82) is 0 Å². The zero-order valence-corrected chi connectivity index (χ0v) is 30.1. The van der Waals surface area contributed by atoms with Gasteiger partial charge in [-0.15, -0.1) is 0 Å². The number of rotatable bonds is 12. The maximum atomic E-state index is 14.4. The smallest absolute Gasteiger partial charge is 0.258 e. The predicted molar refractivity (Wildman–Crippen MR) is 202 cm³/mol. The van der Waals surface area contributed by atoms with E-state index in [0.29, 0.717) is 37.2 Å². The van der Waals surface area contributed by atoms with Gasteiger partial charge in [-0.05, 0) is 92.3 Å². The molecular formula is C44H47FN2O4. The first-order valence-corrected chi connectivity index (χ1v) is 17.7. The van der Waals surface area contributed by atoms with Gasteiger partial charge in [-0.25, -0.2) is 4.39 Å². The molecule has 0 saturated carbocycles. The molecular weight excluding hydrogens is 639 g/mol. The Morgan fingerprint density at radius 1 is 0.882 bits per heavy atom. The first kappa shape index (κ1) is 35.8. The number of nitrogens with one attached hydrogen (secondary N) is 1. The average molecular weight is 687 g/mol. The molecule has 1 amide bonds. The van der Waals surface area contributed by atoms with Crippen LogP contribution in [-0.4, -0.2) is 28.5 Å². The Kier molecular flexibility index (Phi) is 11.2. The molecule has 2 atom stereocenters. The maximum Gasteiger partial charge on any atom is 0.258 e. The molecule has 6 rings (SSSR count). The first-order valence-electron chi connectivity index (χ1n) is 17.7. The highest BCUT2D eigenvalue weighted by Gasteiger charge is 2.32. The lowest BCUT2D eigenvalue weighted by Gasteiger charge is -2.34. The van der Waals surface area contributed by atoms with Crippen LogP contribution in [0.3, 0.4) is 0 Å². The fraction of sp³-hybridized carbons (Fsp3) is 0.295. The van der Waals surface area contributed by atoms with E-state index < -0.39 is 11.9 Å². The van der Waals surface area contributed by atoms with Crippen LogP contribution in [0.1, 0.15) is 75.0 Å². The number of ether oxygens (including phenoxy) is 3. The minimum Gasteiger partial charge on any atom is -0.493 e. The van der Waals surface area contributed by atoms with E-state index in [9.17, 15) is 9.18 Å². The number of amides is 1. The molecule has 0 bridgehead atoms. The third-order valence-electron chi connectivity index (χ3n) is 8.74. The molecule has 264 valence electrons. The molecule has 1 aromatic heterocycles. The zero-order chi connectivity index (χ0) is 36.0. The summed E-state index contributed by atoms with van der Waals surface area (Å²) < 4.78 is 35.8. The van der Waals surface area contributed by atoms with Crippen LogP contribution >= 0.6 is 0 Å². The molecule has 0 aliphatic carbocycles. The summed E-state index contributed by atoms with van der Waals surface area (Å²) in [5, 5.41) is 3.15. The van der Waals surface area contributed by atoms with Crippen LogP contribution in [0.4, 0.5) is 10.1 Å². The van der Waals surface area contributed by atoms with Crippen molar-refractivity contribution in [2.24, 2.45) is 0 Å². The number of para-hydroxylation sites is 1. The van der Waals surface area contributed by atoms with Gasteiger partial charge in [-0.1, -0.05) is 92.7 Å². The number of aromatic nitrogens is 1. The fourth-order valence-corrected chi connectivity index (χ4v) is 6.66. The molecule has 0 saturated heterocycles. The van der Waals surface area contributed by atoms with E-state index in [-0.39, 0.29) is 23.7 Å². The van der Waals surface area contributed by atoms with Crippen molar-refractivity contribution in [2.75, 3.05) is 5.32 Å². The Bertz CT molecular complexity index is 1930. The number of anilines is 1. The minimum absolute atomic E-state index is 0.0252. The lowest BCUT2D eigenvalue weighted by atomic mass is 9.94. The highest BCUT2D eigenvalue weighted by Crippen LogP contribution is 2.43. The summed E-state index contributed by atoms with van der Waals surface area (Å²) in [5.41, 5.74) is 6.25. The van der Waals surface area contributed by atoms with Crippen molar-refractivity contribution in [1.82, 2.24) is 4.57 Å². The Hall–Kier alpha value is -4.98. The van der Waals surface area contributed by atoms with Gasteiger partial charge in [0.25, 0.3) is 5.91 Å². The molecule has 6 nitrogen and oxygen atoms in total. The van der Waals surface area contributed by atoms with E-state index in [1.807, 2.05) is 112 Å². The van der Waals surface area contributed by atoms with Gasteiger partial charge in [-0.2, -0.15) is 0 Å². The summed E-state index contributed by atoms with van der Waals surface area (Å²) in [6, 6.07) is 36.1. The van der Waals surface area contributed by atoms with Gasteiger partial charge in [0.2, 0.25) is 0 Å². The number of benzene rings is 4. The van der Waals surface area contributed by atoms with E-state index in [1.54, 1.807) is 12.1 Å². The molecule has 7 heteroatoms. The van der Waals surface area contributed by atoms with E-state index in [2.05, 4.69) is 29.8 Å². The van der Waals surface area contributed by atoms with Crippen molar-refractivity contribution in [3.05, 3.63) is 150 Å². The zero-order valence-electron chi connectivity index (χ0n) is 30.1. The molecule has 5 aromatic rings. The lowest BCUT2D eigenvalue weighted by molar-refractivity contribution is -0.217. The molecule has 2 unspecified atom stereocenters. The Labute approximate surface area is 300 Å². The summed E-state index contributed by atoms with van der Waals surface area (Å²) in [4.78, 5) is 14.4. The van der Waals surface area contributed by atoms with E-state index >= 15 is 0 Å². The number of carbonyl (C=O) groups excluding carboxylic acids is 1. The Balaban J connectivity index is 1.43. The maximum absolute atomic E-state index is 14.4. The van der Waals surface area contributed by atoms with Crippen LogP contribution in [0.5, 0.6) is 0 Å². The first-order chi connectivity index (χ1) is 24.6. The lowest BCUT2D eigenvalue weighted by Crippen LogP contribution is -2.35. The molecule has 4 aromatic carbocycles. The van der Waals surface area contributed by atoms with E-state index in [1.165, 1.54) is 12.1 Å². The van der Waals surface area contributed by atoms with Crippen LogP contribution in [0, 0.1) is 5.82 Å². The third-order valence-corrected chi connectivity index (χ3v) is 8.74. The molecule has 1 aliphatic rings. The standard InChI is InChI=1S/C44H47FN2O4/c1-30(2)41-40(43(48)46-35-19-13-8-14-20-35)39(32-17-11-7-12-18-32)42(33-21-23-34(45)24-22-33)47(41)26-25-36-27-37(28-38(50-36)51-44(3,4)5)49-29-31-15-9-6-10-16-31/h6-24,27,30,36,38H,25-26,28-29H2,1-5H3,(H,46,48). The molecule has 0 fully saturated rings. The minimum atomic E-state index is -0.483. The normalized spacial score (nSPS) is 16.2. The monoisotopic (exact) mass is 686 g/mol. The molecule has 51 heavy (non-hydrogen) atoms. The molecule has 0 spiro atoms. The SMILES string of the molecule is CC(C)c1c(C(=O)Nc2ccccc2)c(-c2ccccc2)c(-c2ccc(F)cc2)n1CCC1C=C(OCc2ccccc2)CC(OC(C)(C)C)O1. The predicted octanol–water partition coefficient (Wildman–Crippen LogP) is 10.8. The Morgan fingerprint density at radius 3 is 2.14 bits per heavy atom. The summed E-state index contributed by atoms with van der Waals surface area (Å²) >= 11 is 0. The van der Waals surface area contributed by atoms with Gasteiger partial charge < -0.3 is 24.1 Å². The second-order valence-corrected chi connectivity index (χ2v) is 14.2. The number of halogens is 1. The number of hydrogen-bond acceptors (Lipinski definition) is 4. The van der Waals surface area contributed by atoms with Crippen LogP contribution in [0.15, 0.2) is 127 Å². The number of hydrogen-bond donors (Lipinski definition) is 1. The van der Waals surface area contributed by atoms with Crippen LogP contribution in [0.2, 0.25) is 0 Å². The second kappa shape index (κ2) is 15.9. The molecule has 2 heterocycles. The van der Waals surface area contributed by atoms with Gasteiger partial charge in [-0.3, -0.25) is 4.79 Å². The fourth-order valence-electron chi connectivity index (χ4n) is 6.66. The van der Waals surface area contributed by atoms with Gasteiger partial charge in [0.05, 0.1) is 29.4 Å². The highest BCUT2D eigenvalue weighted by atomic mass is 19.1. The van der Waals surface area contributed by atoms with Crippen LogP contribution < -0.4 is 5.32 Å². The van der Waals surface area contributed by atoms with Crippen molar-refractivity contribution in [3.8, 4) is 22.4 Å². The molecule has 1 N–H and O–H groups in total.